The summed E-state index contributed by atoms with van der Waals surface area (Å²) < 4.78 is 0. The van der Waals surface area contributed by atoms with Gasteiger partial charge in [0.25, 0.3) is 5.91 Å². The summed E-state index contributed by atoms with van der Waals surface area (Å²) in [5.74, 6) is -0.160. The highest BCUT2D eigenvalue weighted by molar-refractivity contribution is 6.07. The standard InChI is InChI=1S/C22H19N3O2/c1-15(26)24-20-5-2-17(3-6-20)22(27)25-13-10-19-14-18(4-7-21(19)25)16-8-11-23-12-9-16/h2-9,11-12,14H,10,13H2,1H3,(H,24,26). The number of fused-ring (bicyclic) bond motifs is 1. The zero-order valence-corrected chi connectivity index (χ0v) is 15.0. The van der Waals surface area contributed by atoms with E-state index >= 15 is 0 Å². The Kier molecular flexibility index (Phi) is 4.42. The second-order valence-electron chi connectivity index (χ2n) is 6.54. The first-order chi connectivity index (χ1) is 13.1. The number of amides is 2. The van der Waals surface area contributed by atoms with Crippen molar-refractivity contribution in [2.45, 2.75) is 13.3 Å². The Balaban J connectivity index is 1.57. The highest BCUT2D eigenvalue weighted by Crippen LogP contribution is 2.33. The van der Waals surface area contributed by atoms with E-state index in [1.807, 2.05) is 29.2 Å². The molecule has 3 aromatic rings. The maximum atomic E-state index is 12.9. The van der Waals surface area contributed by atoms with Crippen molar-refractivity contribution in [1.29, 1.82) is 0 Å². The van der Waals surface area contributed by atoms with Gasteiger partial charge in [0.15, 0.2) is 0 Å². The Bertz CT molecular complexity index is 998. The summed E-state index contributed by atoms with van der Waals surface area (Å²) >= 11 is 0. The van der Waals surface area contributed by atoms with Crippen molar-refractivity contribution in [3.05, 3.63) is 78.1 Å². The van der Waals surface area contributed by atoms with Gasteiger partial charge in [0.1, 0.15) is 0 Å². The van der Waals surface area contributed by atoms with Crippen LogP contribution >= 0.6 is 0 Å². The van der Waals surface area contributed by atoms with E-state index in [-0.39, 0.29) is 11.8 Å². The highest BCUT2D eigenvalue weighted by atomic mass is 16.2. The number of anilines is 2. The maximum absolute atomic E-state index is 12.9. The third kappa shape index (κ3) is 3.44. The molecule has 2 aromatic carbocycles. The molecule has 5 heteroatoms. The molecule has 0 atom stereocenters. The summed E-state index contributed by atoms with van der Waals surface area (Å²) in [6.07, 6.45) is 4.40. The van der Waals surface area contributed by atoms with Crippen LogP contribution in [-0.2, 0) is 11.2 Å². The normalized spacial score (nSPS) is 12.6. The van der Waals surface area contributed by atoms with Crippen molar-refractivity contribution in [3.63, 3.8) is 0 Å². The monoisotopic (exact) mass is 357 g/mol. The molecule has 2 heterocycles. The second-order valence-corrected chi connectivity index (χ2v) is 6.54. The third-order valence-corrected chi connectivity index (χ3v) is 4.69. The summed E-state index contributed by atoms with van der Waals surface area (Å²) in [6.45, 7) is 2.13. The lowest BCUT2D eigenvalue weighted by atomic mass is 10.0. The van der Waals surface area contributed by atoms with Gasteiger partial charge in [0.05, 0.1) is 0 Å². The van der Waals surface area contributed by atoms with Crippen LogP contribution in [0.2, 0.25) is 0 Å². The smallest absolute Gasteiger partial charge is 0.258 e. The molecule has 0 radical (unpaired) electrons. The van der Waals surface area contributed by atoms with Gasteiger partial charge in [-0.2, -0.15) is 0 Å². The van der Waals surface area contributed by atoms with Gasteiger partial charge >= 0.3 is 0 Å². The first-order valence-electron chi connectivity index (χ1n) is 8.85. The molecule has 0 saturated carbocycles. The molecule has 1 N–H and O–H groups in total. The molecule has 0 saturated heterocycles. The predicted octanol–water partition coefficient (Wildman–Crippen LogP) is 3.91. The highest BCUT2D eigenvalue weighted by Gasteiger charge is 2.25. The Morgan fingerprint density at radius 3 is 2.41 bits per heavy atom. The van der Waals surface area contributed by atoms with Crippen LogP contribution < -0.4 is 10.2 Å². The molecular formula is C22H19N3O2. The summed E-state index contributed by atoms with van der Waals surface area (Å²) in [5, 5.41) is 2.71. The fourth-order valence-electron chi connectivity index (χ4n) is 3.39. The number of rotatable bonds is 3. The first kappa shape index (κ1) is 17.0. The largest absolute Gasteiger partial charge is 0.326 e. The number of pyridine rings is 1. The molecule has 0 unspecified atom stereocenters. The lowest BCUT2D eigenvalue weighted by Crippen LogP contribution is -2.28. The minimum absolute atomic E-state index is 0.0280. The lowest BCUT2D eigenvalue weighted by molar-refractivity contribution is -0.114. The van der Waals surface area contributed by atoms with Crippen molar-refractivity contribution in [2.75, 3.05) is 16.8 Å². The van der Waals surface area contributed by atoms with Gasteiger partial charge in [0.2, 0.25) is 5.91 Å². The second kappa shape index (κ2) is 7.03. The number of hydrogen-bond acceptors (Lipinski definition) is 3. The fourth-order valence-corrected chi connectivity index (χ4v) is 3.39. The average Bonchev–Trinajstić information content (AvgIpc) is 3.11. The van der Waals surface area contributed by atoms with Crippen molar-refractivity contribution < 1.29 is 9.59 Å². The predicted molar refractivity (Wildman–Crippen MR) is 106 cm³/mol. The zero-order valence-electron chi connectivity index (χ0n) is 15.0. The third-order valence-electron chi connectivity index (χ3n) is 4.69. The van der Waals surface area contributed by atoms with Crippen LogP contribution in [0, 0.1) is 0 Å². The van der Waals surface area contributed by atoms with Crippen LogP contribution in [0.4, 0.5) is 11.4 Å². The van der Waals surface area contributed by atoms with Crippen molar-refractivity contribution in [2.24, 2.45) is 0 Å². The molecule has 1 aromatic heterocycles. The number of benzene rings is 2. The number of hydrogen-bond donors (Lipinski definition) is 1. The van der Waals surface area contributed by atoms with E-state index in [4.69, 9.17) is 0 Å². The fraction of sp³-hybridized carbons (Fsp3) is 0.136. The van der Waals surface area contributed by atoms with E-state index in [9.17, 15) is 9.59 Å². The first-order valence-corrected chi connectivity index (χ1v) is 8.85. The zero-order chi connectivity index (χ0) is 18.8. The van der Waals surface area contributed by atoms with Crippen LogP contribution in [-0.4, -0.2) is 23.3 Å². The number of nitrogens with zero attached hydrogens (tertiary/aromatic N) is 2. The SMILES string of the molecule is CC(=O)Nc1ccc(C(=O)N2CCc3cc(-c4ccncc4)ccc32)cc1. The van der Waals surface area contributed by atoms with Gasteiger partial charge < -0.3 is 10.2 Å². The minimum Gasteiger partial charge on any atom is -0.326 e. The minimum atomic E-state index is -0.132. The van der Waals surface area contributed by atoms with Crippen molar-refractivity contribution in [3.8, 4) is 11.1 Å². The summed E-state index contributed by atoms with van der Waals surface area (Å²) in [6, 6.07) is 17.2. The van der Waals surface area contributed by atoms with Gasteiger partial charge in [-0.1, -0.05) is 6.07 Å². The molecule has 27 heavy (non-hydrogen) atoms. The van der Waals surface area contributed by atoms with E-state index in [2.05, 4.69) is 16.4 Å². The Morgan fingerprint density at radius 1 is 0.963 bits per heavy atom. The Labute approximate surface area is 157 Å². The van der Waals surface area contributed by atoms with Gasteiger partial charge in [-0.15, -0.1) is 0 Å². The van der Waals surface area contributed by atoms with Gasteiger partial charge in [-0.25, -0.2) is 0 Å². The molecule has 0 spiro atoms. The quantitative estimate of drug-likeness (QED) is 0.773. The van der Waals surface area contributed by atoms with Crippen LogP contribution in [0.25, 0.3) is 11.1 Å². The summed E-state index contributed by atoms with van der Waals surface area (Å²) in [5.41, 5.74) is 5.67. The van der Waals surface area contributed by atoms with E-state index < -0.39 is 0 Å². The van der Waals surface area contributed by atoms with Crippen LogP contribution in [0.3, 0.4) is 0 Å². The molecule has 0 bridgehead atoms. The van der Waals surface area contributed by atoms with Crippen LogP contribution in [0.15, 0.2) is 67.0 Å². The van der Waals surface area contributed by atoms with Gasteiger partial charge in [0, 0.05) is 42.8 Å². The average molecular weight is 357 g/mol. The van der Waals surface area contributed by atoms with Crippen LogP contribution in [0.5, 0.6) is 0 Å². The maximum Gasteiger partial charge on any atom is 0.258 e. The van der Waals surface area contributed by atoms with Gasteiger partial charge in [-0.3, -0.25) is 14.6 Å². The summed E-state index contributed by atoms with van der Waals surface area (Å²) in [4.78, 5) is 29.9. The molecular weight excluding hydrogens is 338 g/mol. The molecule has 2 amide bonds. The Morgan fingerprint density at radius 2 is 1.70 bits per heavy atom. The molecule has 1 aliphatic heterocycles. The van der Waals surface area contributed by atoms with Gasteiger partial charge in [-0.05, 0) is 71.6 Å². The number of aromatic nitrogens is 1. The van der Waals surface area contributed by atoms with Crippen LogP contribution in [0.1, 0.15) is 22.8 Å². The molecule has 1 aliphatic rings. The molecule has 134 valence electrons. The van der Waals surface area contributed by atoms with E-state index in [0.717, 1.165) is 23.2 Å². The molecule has 5 nitrogen and oxygen atoms in total. The van der Waals surface area contributed by atoms with Crippen molar-refractivity contribution >= 4 is 23.2 Å². The van der Waals surface area contributed by atoms with Crippen molar-refractivity contribution in [1.82, 2.24) is 4.98 Å². The Hall–Kier alpha value is -3.47. The number of carbonyl (C=O) groups excluding carboxylic acids is 2. The number of carbonyl (C=O) groups is 2. The van der Waals surface area contributed by atoms with E-state index in [1.165, 1.54) is 12.5 Å². The lowest BCUT2D eigenvalue weighted by Gasteiger charge is -2.18. The molecule has 0 fully saturated rings. The summed E-state index contributed by atoms with van der Waals surface area (Å²) in [7, 11) is 0. The topological polar surface area (TPSA) is 62.3 Å². The molecule has 4 rings (SSSR count). The molecule has 0 aliphatic carbocycles. The van der Waals surface area contributed by atoms with E-state index in [1.54, 1.807) is 36.7 Å². The van der Waals surface area contributed by atoms with E-state index in [0.29, 0.717) is 17.8 Å². The number of nitrogens with one attached hydrogen (secondary N) is 1.